The Bertz CT molecular complexity index is 7530. The van der Waals surface area contributed by atoms with Crippen LogP contribution in [0.2, 0.25) is 0 Å². The van der Waals surface area contributed by atoms with Crippen LogP contribution < -0.4 is 9.80 Å². The average Bonchev–Trinajstić information content (AvgIpc) is 1.53. The minimum Gasteiger partial charge on any atom is -0.456 e. The summed E-state index contributed by atoms with van der Waals surface area (Å²) in [6.45, 7) is 4.71. The molecule has 0 bridgehead atoms. The maximum Gasteiger partial charge on any atom is 0.136 e. The van der Waals surface area contributed by atoms with Gasteiger partial charge in [-0.25, -0.2) is 0 Å². The van der Waals surface area contributed by atoms with E-state index >= 15 is 0 Å². The Labute approximate surface area is 685 Å². The van der Waals surface area contributed by atoms with Crippen molar-refractivity contribution < 1.29 is 8.83 Å². The second kappa shape index (κ2) is 27.3. The van der Waals surface area contributed by atoms with Crippen molar-refractivity contribution in [1.82, 2.24) is 0 Å². The third kappa shape index (κ3) is 10.9. The summed E-state index contributed by atoms with van der Waals surface area (Å²) >= 11 is 0. The second-order valence-electron chi connectivity index (χ2n) is 32.1. The molecule has 118 heavy (non-hydrogen) atoms. The number of anilines is 6. The van der Waals surface area contributed by atoms with Gasteiger partial charge in [0.2, 0.25) is 0 Å². The lowest BCUT2D eigenvalue weighted by atomic mass is 9.67. The molecule has 2 aromatic heterocycles. The molecular formula is C114H76N2O2. The Hall–Kier alpha value is -15.1. The molecule has 21 aromatic rings. The molecule has 0 N–H and O–H groups in total. The van der Waals surface area contributed by atoms with Crippen LogP contribution in [0.5, 0.6) is 0 Å². The van der Waals surface area contributed by atoms with Gasteiger partial charge in [-0.1, -0.05) is 329 Å². The monoisotopic (exact) mass is 1500 g/mol. The van der Waals surface area contributed by atoms with E-state index in [-0.39, 0.29) is 5.41 Å². The normalized spacial score (nSPS) is 13.0. The Morgan fingerprint density at radius 1 is 0.195 bits per heavy atom. The fourth-order valence-electron chi connectivity index (χ4n) is 19.9. The van der Waals surface area contributed by atoms with E-state index < -0.39 is 5.41 Å². The van der Waals surface area contributed by atoms with Crippen LogP contribution in [-0.4, -0.2) is 0 Å². The third-order valence-electron chi connectivity index (χ3n) is 25.4. The molecule has 0 unspecified atom stereocenters. The van der Waals surface area contributed by atoms with E-state index in [1.54, 1.807) is 0 Å². The first-order valence-electron chi connectivity index (χ1n) is 40.8. The summed E-state index contributed by atoms with van der Waals surface area (Å²) in [5.74, 6) is 0. The van der Waals surface area contributed by atoms with Crippen molar-refractivity contribution in [2.24, 2.45) is 0 Å². The molecular weight excluding hydrogens is 1430 g/mol. The topological polar surface area (TPSA) is 32.8 Å². The summed E-state index contributed by atoms with van der Waals surface area (Å²) in [6, 6.07) is 157. The summed E-state index contributed by atoms with van der Waals surface area (Å²) in [6.07, 6.45) is 0. The molecule has 2 heterocycles. The van der Waals surface area contributed by atoms with Crippen LogP contribution in [0.4, 0.5) is 34.1 Å². The van der Waals surface area contributed by atoms with Crippen molar-refractivity contribution in [3.05, 3.63) is 458 Å². The number of furan rings is 2. The van der Waals surface area contributed by atoms with E-state index in [0.717, 1.165) is 123 Å². The second-order valence-corrected chi connectivity index (χ2v) is 32.1. The van der Waals surface area contributed by atoms with Gasteiger partial charge in [0.05, 0.1) is 5.41 Å². The van der Waals surface area contributed by atoms with E-state index in [2.05, 4.69) is 436 Å². The highest BCUT2D eigenvalue weighted by Crippen LogP contribution is 2.59. The first-order valence-corrected chi connectivity index (χ1v) is 40.8. The van der Waals surface area contributed by atoms with E-state index in [4.69, 9.17) is 8.83 Å². The smallest absolute Gasteiger partial charge is 0.136 e. The molecule has 4 nitrogen and oxygen atoms in total. The van der Waals surface area contributed by atoms with Crippen LogP contribution in [-0.2, 0) is 10.8 Å². The summed E-state index contributed by atoms with van der Waals surface area (Å²) in [4.78, 5) is 4.87. The highest BCUT2D eigenvalue weighted by molar-refractivity contribution is 6.14. The van der Waals surface area contributed by atoms with Gasteiger partial charge in [-0.15, -0.1) is 0 Å². The lowest BCUT2D eigenvalue weighted by Gasteiger charge is -2.35. The maximum absolute atomic E-state index is 6.44. The van der Waals surface area contributed by atoms with Crippen LogP contribution in [0.25, 0.3) is 154 Å². The van der Waals surface area contributed by atoms with Gasteiger partial charge < -0.3 is 18.6 Å². The van der Waals surface area contributed by atoms with Crippen molar-refractivity contribution in [3.8, 4) is 89.0 Å². The highest BCUT2D eigenvalue weighted by atomic mass is 16.3. The summed E-state index contributed by atoms with van der Waals surface area (Å²) < 4.78 is 12.8. The van der Waals surface area contributed by atoms with Gasteiger partial charge >= 0.3 is 0 Å². The Balaban J connectivity index is 0.643. The molecule has 19 aromatic carbocycles. The van der Waals surface area contributed by atoms with Crippen molar-refractivity contribution in [2.75, 3.05) is 9.80 Å². The minimum absolute atomic E-state index is 0.107. The van der Waals surface area contributed by atoms with E-state index in [0.29, 0.717) is 0 Å². The highest BCUT2D eigenvalue weighted by Gasteiger charge is 2.47. The molecule has 0 fully saturated rings. The van der Waals surface area contributed by atoms with Crippen LogP contribution in [0, 0.1) is 0 Å². The zero-order valence-corrected chi connectivity index (χ0v) is 65.1. The van der Waals surface area contributed by atoms with E-state index in [9.17, 15) is 0 Å². The number of para-hydroxylation sites is 2. The quantitative estimate of drug-likeness (QED) is 0.109. The van der Waals surface area contributed by atoms with Crippen molar-refractivity contribution in [2.45, 2.75) is 24.7 Å². The fourth-order valence-corrected chi connectivity index (χ4v) is 19.9. The summed E-state index contributed by atoms with van der Waals surface area (Å²) in [5, 5.41) is 9.25. The predicted octanol–water partition coefficient (Wildman–Crippen LogP) is 31.4. The van der Waals surface area contributed by atoms with Crippen molar-refractivity contribution in [3.63, 3.8) is 0 Å². The lowest BCUT2D eigenvalue weighted by molar-refractivity contribution is 0.660. The summed E-state index contributed by atoms with van der Waals surface area (Å²) in [7, 11) is 0. The lowest BCUT2D eigenvalue weighted by Crippen LogP contribution is -2.28. The first-order chi connectivity index (χ1) is 58.2. The molecule has 4 heteroatoms. The molecule has 0 atom stereocenters. The zero-order chi connectivity index (χ0) is 78.2. The molecule has 0 saturated heterocycles. The van der Waals surface area contributed by atoms with Gasteiger partial charge in [0.25, 0.3) is 0 Å². The average molecular weight is 1510 g/mol. The SMILES string of the molecule is CC1(C)c2ccccc2-c2ccc(-c3ccc(N(c4ccc(-c5cccc6oc7ccccc7c56)cc4)c4cccc(-c5ccc(-c6ccc7c(c6)C(c6ccccc6)(c6ccccc6)c6cc(N(c8ccc(-c9cccc%10oc%11ccccc%11c9%10)cc8)c8cccc(-c9cccc%10ccccc9%10)c8)ccc6-7)c6ccccc56)c4)cc3)cc21. The number of fused-ring (bicyclic) bond motifs is 14. The standard InChI is InChI=1S/C114H76N2O2/c1-113(2)103-43-16-13-37-97(103)98-63-54-77(70-104(98)113)73-48-56-83(57-49-73)115(84-58-50-75(51-59-84)93-41-22-46-109-111(93)101-38-14-17-44-107(101)117-109)86-32-20-27-79(69-86)91-66-67-92(96-36-12-11-35-95(91)96)80-55-64-99-100-65-62-88(72-106(100)114(105(99)71-80,81-28-5-3-6-29-81)82-30-7-4-8-31-82)116(87-33-19-26-78(68-87)90-40-21-25-74-24-9-10-34-89(74)90)85-60-52-76(53-61-85)94-42-23-47-110-112(94)102-39-15-18-45-108(102)118-110/h3-72H,1-2H3. The number of hydrogen-bond acceptors (Lipinski definition) is 4. The molecule has 2 aliphatic rings. The Morgan fingerprint density at radius 3 is 1.12 bits per heavy atom. The molecule has 2 aliphatic carbocycles. The molecule has 0 saturated carbocycles. The zero-order valence-electron chi connectivity index (χ0n) is 65.1. The van der Waals surface area contributed by atoms with Crippen LogP contribution in [0.1, 0.15) is 47.2 Å². The molecule has 0 radical (unpaired) electrons. The first kappa shape index (κ1) is 68.5. The third-order valence-corrected chi connectivity index (χ3v) is 25.4. The van der Waals surface area contributed by atoms with Crippen LogP contribution in [0.15, 0.2) is 433 Å². The number of rotatable bonds is 14. The van der Waals surface area contributed by atoms with Gasteiger partial charge in [0.15, 0.2) is 0 Å². The fraction of sp³-hybridized carbons (Fsp3) is 0.0351. The number of benzene rings is 19. The van der Waals surface area contributed by atoms with Gasteiger partial charge in [-0.05, 0) is 253 Å². The molecule has 23 rings (SSSR count). The molecule has 554 valence electrons. The van der Waals surface area contributed by atoms with E-state index in [1.807, 2.05) is 12.1 Å². The minimum atomic E-state index is -0.747. The van der Waals surface area contributed by atoms with Gasteiger partial charge in [0, 0.05) is 61.1 Å². The Kier molecular flexibility index (Phi) is 15.9. The molecule has 0 spiro atoms. The Morgan fingerprint density at radius 2 is 0.542 bits per heavy atom. The number of nitrogens with zero attached hydrogens (tertiary/aromatic N) is 2. The largest absolute Gasteiger partial charge is 0.456 e. The van der Waals surface area contributed by atoms with Gasteiger partial charge in [0.1, 0.15) is 22.3 Å². The van der Waals surface area contributed by atoms with Crippen molar-refractivity contribution in [1.29, 1.82) is 0 Å². The summed E-state index contributed by atoms with van der Waals surface area (Å²) in [5.41, 5.74) is 35.5. The van der Waals surface area contributed by atoms with Crippen molar-refractivity contribution >= 4 is 99.5 Å². The van der Waals surface area contributed by atoms with Gasteiger partial charge in [-0.2, -0.15) is 0 Å². The van der Waals surface area contributed by atoms with E-state index in [1.165, 1.54) is 99.4 Å². The predicted molar refractivity (Wildman–Crippen MR) is 493 cm³/mol. The van der Waals surface area contributed by atoms with Crippen LogP contribution in [0.3, 0.4) is 0 Å². The molecule has 0 aliphatic heterocycles. The maximum atomic E-state index is 6.44. The van der Waals surface area contributed by atoms with Gasteiger partial charge in [-0.3, -0.25) is 0 Å². The number of hydrogen-bond donors (Lipinski definition) is 0. The molecule has 0 amide bonds. The van der Waals surface area contributed by atoms with Crippen LogP contribution >= 0.6 is 0 Å².